The minimum absolute atomic E-state index is 0.0246. The van der Waals surface area contributed by atoms with Gasteiger partial charge in [0.05, 0.1) is 16.5 Å². The van der Waals surface area contributed by atoms with Gasteiger partial charge in [-0.15, -0.1) is 0 Å². The second-order valence-electron chi connectivity index (χ2n) is 4.77. The highest BCUT2D eigenvalue weighted by Crippen LogP contribution is 2.18. The van der Waals surface area contributed by atoms with Crippen molar-refractivity contribution in [2.45, 2.75) is 31.7 Å². The van der Waals surface area contributed by atoms with E-state index in [-0.39, 0.29) is 10.8 Å². The third kappa shape index (κ3) is 3.56. The number of nitrogens with one attached hydrogen (secondary N) is 1. The Morgan fingerprint density at radius 1 is 1.40 bits per heavy atom. The van der Waals surface area contributed by atoms with Crippen LogP contribution in [0.5, 0.6) is 0 Å². The molecule has 7 heteroatoms. The zero-order valence-electron chi connectivity index (χ0n) is 11.4. The molecule has 0 aliphatic rings. The van der Waals surface area contributed by atoms with Crippen molar-refractivity contribution < 1.29 is 18.3 Å². The van der Waals surface area contributed by atoms with Crippen LogP contribution in [0.4, 0.5) is 0 Å². The number of aliphatic carboxylic acids is 1. The topological polar surface area (TPSA) is 107 Å². The van der Waals surface area contributed by atoms with Crippen LogP contribution in [0.15, 0.2) is 23.1 Å². The van der Waals surface area contributed by atoms with E-state index in [0.717, 1.165) is 0 Å². The van der Waals surface area contributed by atoms with Crippen molar-refractivity contribution >= 4 is 16.0 Å². The first kappa shape index (κ1) is 16.1. The first-order valence-corrected chi connectivity index (χ1v) is 7.43. The number of sulfonamides is 1. The maximum Gasteiger partial charge on any atom is 0.322 e. The molecule has 1 aromatic rings. The number of hydrogen-bond donors (Lipinski definition) is 2. The first-order chi connectivity index (χ1) is 9.19. The number of carboxylic acid groups (broad SMARTS) is 1. The lowest BCUT2D eigenvalue weighted by atomic mass is 10.1. The molecule has 6 nitrogen and oxygen atoms in total. The maximum absolute atomic E-state index is 12.2. The van der Waals surface area contributed by atoms with Crippen LogP contribution in [0.3, 0.4) is 0 Å². The number of nitriles is 1. The van der Waals surface area contributed by atoms with Crippen molar-refractivity contribution in [1.29, 1.82) is 5.26 Å². The van der Waals surface area contributed by atoms with Gasteiger partial charge in [0, 0.05) is 0 Å². The molecular weight excluding hydrogens is 280 g/mol. The Hall–Kier alpha value is -1.91. The van der Waals surface area contributed by atoms with Gasteiger partial charge in [-0.1, -0.05) is 13.8 Å². The number of rotatable bonds is 5. The molecule has 0 aliphatic carbocycles. The summed E-state index contributed by atoms with van der Waals surface area (Å²) in [4.78, 5) is 11.0. The molecule has 20 heavy (non-hydrogen) atoms. The first-order valence-electron chi connectivity index (χ1n) is 5.95. The van der Waals surface area contributed by atoms with Gasteiger partial charge in [-0.25, -0.2) is 8.42 Å². The van der Waals surface area contributed by atoms with Crippen LogP contribution >= 0.6 is 0 Å². The van der Waals surface area contributed by atoms with Crippen molar-refractivity contribution in [2.75, 3.05) is 0 Å². The Labute approximate surface area is 118 Å². The van der Waals surface area contributed by atoms with Crippen molar-refractivity contribution in [1.82, 2.24) is 4.72 Å². The molecule has 0 aliphatic heterocycles. The minimum Gasteiger partial charge on any atom is -0.480 e. The van der Waals surface area contributed by atoms with Crippen molar-refractivity contribution in [2.24, 2.45) is 5.92 Å². The van der Waals surface area contributed by atoms with Crippen molar-refractivity contribution in [3.8, 4) is 6.07 Å². The molecule has 0 unspecified atom stereocenters. The average Bonchev–Trinajstić information content (AvgIpc) is 2.34. The summed E-state index contributed by atoms with van der Waals surface area (Å²) in [6.45, 7) is 4.79. The summed E-state index contributed by atoms with van der Waals surface area (Å²) in [6, 6.07) is 4.84. The third-order valence-electron chi connectivity index (χ3n) is 2.81. The number of carboxylic acids is 1. The predicted octanol–water partition coefficient (Wildman–Crippen LogP) is 1.25. The summed E-state index contributed by atoms with van der Waals surface area (Å²) in [5.74, 6) is -1.61. The van der Waals surface area contributed by atoms with E-state index < -0.39 is 22.0 Å². The summed E-state index contributed by atoms with van der Waals surface area (Å²) in [6.07, 6.45) is 0. The molecule has 0 aromatic heterocycles. The minimum atomic E-state index is -3.95. The molecule has 0 spiro atoms. The Morgan fingerprint density at radius 3 is 2.40 bits per heavy atom. The average molecular weight is 296 g/mol. The Morgan fingerprint density at radius 2 is 2.00 bits per heavy atom. The van der Waals surface area contributed by atoms with Gasteiger partial charge >= 0.3 is 5.97 Å². The SMILES string of the molecule is Cc1cc(C#N)ccc1S(=O)(=O)N[C@@H](C(=O)O)C(C)C. The molecule has 0 saturated carbocycles. The van der Waals surface area contributed by atoms with E-state index in [2.05, 4.69) is 4.72 Å². The normalized spacial score (nSPS) is 12.9. The largest absolute Gasteiger partial charge is 0.480 e. The van der Waals surface area contributed by atoms with Crippen LogP contribution in [-0.2, 0) is 14.8 Å². The highest BCUT2D eigenvalue weighted by molar-refractivity contribution is 7.89. The van der Waals surface area contributed by atoms with Gasteiger partial charge in [-0.05, 0) is 36.6 Å². The van der Waals surface area contributed by atoms with E-state index in [0.29, 0.717) is 11.1 Å². The number of aryl methyl sites for hydroxylation is 1. The molecule has 0 heterocycles. The summed E-state index contributed by atoms with van der Waals surface area (Å²) >= 11 is 0. The predicted molar refractivity (Wildman–Crippen MR) is 72.5 cm³/mol. The van der Waals surface area contributed by atoms with E-state index in [4.69, 9.17) is 10.4 Å². The highest BCUT2D eigenvalue weighted by Gasteiger charge is 2.28. The lowest BCUT2D eigenvalue weighted by Gasteiger charge is -2.18. The summed E-state index contributed by atoms with van der Waals surface area (Å²) in [5.41, 5.74) is 0.740. The van der Waals surface area contributed by atoms with Gasteiger partial charge in [0.2, 0.25) is 10.0 Å². The summed E-state index contributed by atoms with van der Waals surface area (Å²) in [5, 5.41) is 17.8. The fraction of sp³-hybridized carbons (Fsp3) is 0.385. The Bertz CT molecular complexity index is 659. The van der Waals surface area contributed by atoms with Gasteiger partial charge in [-0.3, -0.25) is 4.79 Å². The molecule has 0 fully saturated rings. The number of carbonyl (C=O) groups is 1. The number of nitrogens with zero attached hydrogens (tertiary/aromatic N) is 1. The van der Waals surface area contributed by atoms with E-state index >= 15 is 0 Å². The lowest BCUT2D eigenvalue weighted by Crippen LogP contribution is -2.44. The zero-order chi connectivity index (χ0) is 15.5. The quantitative estimate of drug-likeness (QED) is 0.850. The van der Waals surface area contributed by atoms with Crippen LogP contribution in [0.1, 0.15) is 25.0 Å². The van der Waals surface area contributed by atoms with Crippen molar-refractivity contribution in [3.05, 3.63) is 29.3 Å². The van der Waals surface area contributed by atoms with Gasteiger partial charge in [0.1, 0.15) is 6.04 Å². The standard InChI is InChI=1S/C13H16N2O4S/c1-8(2)12(13(16)17)15-20(18,19)11-5-4-10(7-14)6-9(11)3/h4-6,8,12,15H,1-3H3,(H,16,17)/t12-/m1/s1. The fourth-order valence-electron chi connectivity index (χ4n) is 1.72. The fourth-order valence-corrected chi connectivity index (χ4v) is 3.29. The Kier molecular flexibility index (Phi) is 4.87. The Balaban J connectivity index is 3.18. The molecule has 0 amide bonds. The van der Waals surface area contributed by atoms with E-state index in [1.165, 1.54) is 18.2 Å². The van der Waals surface area contributed by atoms with E-state index in [1.807, 2.05) is 6.07 Å². The van der Waals surface area contributed by atoms with Gasteiger partial charge in [-0.2, -0.15) is 9.98 Å². The lowest BCUT2D eigenvalue weighted by molar-refractivity contribution is -0.140. The summed E-state index contributed by atoms with van der Waals surface area (Å²) in [7, 11) is -3.95. The summed E-state index contributed by atoms with van der Waals surface area (Å²) < 4.78 is 26.6. The van der Waals surface area contributed by atoms with Crippen LogP contribution in [-0.4, -0.2) is 25.5 Å². The number of benzene rings is 1. The van der Waals surface area contributed by atoms with Crippen LogP contribution in [0.25, 0.3) is 0 Å². The van der Waals surface area contributed by atoms with Gasteiger partial charge < -0.3 is 5.11 Å². The maximum atomic E-state index is 12.2. The number of hydrogen-bond acceptors (Lipinski definition) is 4. The highest BCUT2D eigenvalue weighted by atomic mass is 32.2. The van der Waals surface area contributed by atoms with Gasteiger partial charge in [0.25, 0.3) is 0 Å². The molecular formula is C13H16N2O4S. The molecule has 108 valence electrons. The molecule has 0 saturated heterocycles. The molecule has 1 aromatic carbocycles. The van der Waals surface area contributed by atoms with E-state index in [9.17, 15) is 13.2 Å². The molecule has 0 bridgehead atoms. The van der Waals surface area contributed by atoms with E-state index in [1.54, 1.807) is 20.8 Å². The van der Waals surface area contributed by atoms with Crippen LogP contribution < -0.4 is 4.72 Å². The molecule has 1 rings (SSSR count). The second-order valence-corrected chi connectivity index (χ2v) is 6.46. The zero-order valence-corrected chi connectivity index (χ0v) is 12.2. The second kappa shape index (κ2) is 6.03. The van der Waals surface area contributed by atoms with Crippen molar-refractivity contribution in [3.63, 3.8) is 0 Å². The van der Waals surface area contributed by atoms with Crippen LogP contribution in [0.2, 0.25) is 0 Å². The van der Waals surface area contributed by atoms with Crippen LogP contribution in [0, 0.1) is 24.2 Å². The third-order valence-corrected chi connectivity index (χ3v) is 4.41. The molecule has 1 atom stereocenters. The molecule has 0 radical (unpaired) electrons. The smallest absolute Gasteiger partial charge is 0.322 e. The monoisotopic (exact) mass is 296 g/mol. The van der Waals surface area contributed by atoms with Gasteiger partial charge in [0.15, 0.2) is 0 Å². The molecule has 2 N–H and O–H groups in total.